The van der Waals surface area contributed by atoms with Gasteiger partial charge >= 0.3 is 5.97 Å². The van der Waals surface area contributed by atoms with Crippen LogP contribution in [0.3, 0.4) is 0 Å². The molecular weight excluding hydrogens is 232 g/mol. The van der Waals surface area contributed by atoms with E-state index < -0.39 is 12.0 Å². The molecule has 0 spiro atoms. The van der Waals surface area contributed by atoms with Crippen molar-refractivity contribution in [1.29, 1.82) is 0 Å². The summed E-state index contributed by atoms with van der Waals surface area (Å²) < 4.78 is 0. The van der Waals surface area contributed by atoms with Crippen LogP contribution in [0.5, 0.6) is 0 Å². The Labute approximate surface area is 105 Å². The standard InChI is InChI=1S/C13H16N2O3/c1-8-5-7-15(11(8)13(17)18)12(16)10-4-3-6-14-9(10)2/h3-4,6,8,11H,5,7H2,1-2H3,(H,17,18). The fourth-order valence-corrected chi connectivity index (χ4v) is 2.42. The van der Waals surface area contributed by atoms with Crippen LogP contribution in [-0.2, 0) is 4.79 Å². The van der Waals surface area contributed by atoms with Gasteiger partial charge in [0.15, 0.2) is 0 Å². The second-order valence-electron chi connectivity index (χ2n) is 4.68. The van der Waals surface area contributed by atoms with Gasteiger partial charge in [-0.1, -0.05) is 6.92 Å². The number of likely N-dealkylation sites (tertiary alicyclic amines) is 1. The van der Waals surface area contributed by atoms with Crippen LogP contribution < -0.4 is 0 Å². The van der Waals surface area contributed by atoms with Crippen LogP contribution in [0, 0.1) is 12.8 Å². The van der Waals surface area contributed by atoms with Crippen molar-refractivity contribution < 1.29 is 14.7 Å². The minimum atomic E-state index is -0.935. The lowest BCUT2D eigenvalue weighted by Gasteiger charge is -2.23. The maximum atomic E-state index is 12.4. The van der Waals surface area contributed by atoms with E-state index in [2.05, 4.69) is 4.98 Å². The van der Waals surface area contributed by atoms with Gasteiger partial charge in [-0.15, -0.1) is 0 Å². The van der Waals surface area contributed by atoms with Crippen LogP contribution in [0.25, 0.3) is 0 Å². The van der Waals surface area contributed by atoms with Crippen LogP contribution in [0.15, 0.2) is 18.3 Å². The quantitative estimate of drug-likeness (QED) is 0.857. The number of carboxylic acid groups (broad SMARTS) is 1. The Hall–Kier alpha value is -1.91. The summed E-state index contributed by atoms with van der Waals surface area (Å²) in [5, 5.41) is 9.21. The molecule has 1 amide bonds. The second kappa shape index (κ2) is 4.76. The number of carbonyl (C=O) groups is 2. The summed E-state index contributed by atoms with van der Waals surface area (Å²) in [5.41, 5.74) is 1.11. The van der Waals surface area contributed by atoms with E-state index in [4.69, 9.17) is 0 Å². The Morgan fingerprint density at radius 1 is 1.50 bits per heavy atom. The molecule has 0 saturated carbocycles. The zero-order valence-corrected chi connectivity index (χ0v) is 10.5. The summed E-state index contributed by atoms with van der Waals surface area (Å²) in [7, 11) is 0. The number of carboxylic acids is 1. The fourth-order valence-electron chi connectivity index (χ4n) is 2.42. The Bertz CT molecular complexity index is 487. The lowest BCUT2D eigenvalue weighted by atomic mass is 10.0. The van der Waals surface area contributed by atoms with Gasteiger partial charge in [-0.2, -0.15) is 0 Å². The molecule has 2 rings (SSSR count). The molecule has 1 aliphatic heterocycles. The third-order valence-corrected chi connectivity index (χ3v) is 3.45. The molecular formula is C13H16N2O3. The average Bonchev–Trinajstić information content (AvgIpc) is 2.71. The van der Waals surface area contributed by atoms with Gasteiger partial charge in [0.25, 0.3) is 5.91 Å². The number of hydrogen-bond acceptors (Lipinski definition) is 3. The van der Waals surface area contributed by atoms with Crippen LogP contribution in [0.1, 0.15) is 29.4 Å². The van der Waals surface area contributed by atoms with E-state index in [1.165, 1.54) is 4.90 Å². The number of nitrogens with zero attached hydrogens (tertiary/aromatic N) is 2. The van der Waals surface area contributed by atoms with Crippen molar-refractivity contribution in [3.8, 4) is 0 Å². The van der Waals surface area contributed by atoms with Crippen LogP contribution >= 0.6 is 0 Å². The minimum absolute atomic E-state index is 0.0107. The van der Waals surface area contributed by atoms with Gasteiger partial charge in [-0.25, -0.2) is 4.79 Å². The van der Waals surface area contributed by atoms with Gasteiger partial charge in [0.05, 0.1) is 5.56 Å². The zero-order valence-electron chi connectivity index (χ0n) is 10.5. The van der Waals surface area contributed by atoms with E-state index in [1.807, 2.05) is 6.92 Å². The molecule has 1 saturated heterocycles. The smallest absolute Gasteiger partial charge is 0.326 e. The van der Waals surface area contributed by atoms with E-state index in [0.717, 1.165) is 6.42 Å². The van der Waals surface area contributed by atoms with Gasteiger partial charge in [0, 0.05) is 18.4 Å². The van der Waals surface area contributed by atoms with Gasteiger partial charge in [-0.3, -0.25) is 9.78 Å². The summed E-state index contributed by atoms with van der Waals surface area (Å²) in [6.07, 6.45) is 2.34. The van der Waals surface area contributed by atoms with Crippen LogP contribution in [0.4, 0.5) is 0 Å². The molecule has 1 aromatic heterocycles. The van der Waals surface area contributed by atoms with E-state index in [0.29, 0.717) is 17.8 Å². The third kappa shape index (κ3) is 2.08. The molecule has 0 bridgehead atoms. The first-order valence-corrected chi connectivity index (χ1v) is 5.97. The number of pyridine rings is 1. The first kappa shape index (κ1) is 12.5. The molecule has 18 heavy (non-hydrogen) atoms. The Kier molecular flexibility index (Phi) is 3.32. The molecule has 0 aliphatic carbocycles. The van der Waals surface area contributed by atoms with Crippen molar-refractivity contribution in [2.75, 3.05) is 6.54 Å². The topological polar surface area (TPSA) is 70.5 Å². The molecule has 2 unspecified atom stereocenters. The van der Waals surface area contributed by atoms with Crippen molar-refractivity contribution in [2.24, 2.45) is 5.92 Å². The maximum absolute atomic E-state index is 12.4. The van der Waals surface area contributed by atoms with Crippen LogP contribution in [-0.4, -0.2) is 39.5 Å². The summed E-state index contributed by atoms with van der Waals surface area (Å²) in [4.78, 5) is 29.1. The zero-order chi connectivity index (χ0) is 13.3. The number of aliphatic carboxylic acids is 1. The Morgan fingerprint density at radius 3 is 2.83 bits per heavy atom. The number of aryl methyl sites for hydroxylation is 1. The Balaban J connectivity index is 2.29. The molecule has 2 atom stereocenters. The molecule has 5 heteroatoms. The lowest BCUT2D eigenvalue weighted by molar-refractivity contribution is -0.142. The summed E-state index contributed by atoms with van der Waals surface area (Å²) >= 11 is 0. The molecule has 1 fully saturated rings. The summed E-state index contributed by atoms with van der Waals surface area (Å²) in [6, 6.07) is 2.65. The van der Waals surface area contributed by atoms with Crippen molar-refractivity contribution >= 4 is 11.9 Å². The summed E-state index contributed by atoms with van der Waals surface area (Å²) in [6.45, 7) is 4.11. The molecule has 5 nitrogen and oxygen atoms in total. The summed E-state index contributed by atoms with van der Waals surface area (Å²) in [5.74, 6) is -1.18. The SMILES string of the molecule is Cc1ncccc1C(=O)N1CCC(C)C1C(=O)O. The molecule has 0 aromatic carbocycles. The number of aromatic nitrogens is 1. The van der Waals surface area contributed by atoms with E-state index in [9.17, 15) is 14.7 Å². The highest BCUT2D eigenvalue weighted by atomic mass is 16.4. The largest absolute Gasteiger partial charge is 0.480 e. The second-order valence-corrected chi connectivity index (χ2v) is 4.68. The van der Waals surface area contributed by atoms with E-state index >= 15 is 0 Å². The highest BCUT2D eigenvalue weighted by Crippen LogP contribution is 2.26. The predicted octanol–water partition coefficient (Wildman–Crippen LogP) is 1.33. The Morgan fingerprint density at radius 2 is 2.22 bits per heavy atom. The predicted molar refractivity (Wildman–Crippen MR) is 65.2 cm³/mol. The molecule has 96 valence electrons. The van der Waals surface area contributed by atoms with Gasteiger partial charge in [0.2, 0.25) is 0 Å². The highest BCUT2D eigenvalue weighted by Gasteiger charge is 2.40. The molecule has 1 aliphatic rings. The maximum Gasteiger partial charge on any atom is 0.326 e. The average molecular weight is 248 g/mol. The monoisotopic (exact) mass is 248 g/mol. The van der Waals surface area contributed by atoms with Crippen molar-refractivity contribution in [3.63, 3.8) is 0 Å². The van der Waals surface area contributed by atoms with Crippen molar-refractivity contribution in [2.45, 2.75) is 26.3 Å². The van der Waals surface area contributed by atoms with Crippen LogP contribution in [0.2, 0.25) is 0 Å². The third-order valence-electron chi connectivity index (χ3n) is 3.45. The molecule has 1 aromatic rings. The molecule has 1 N–H and O–H groups in total. The van der Waals surface area contributed by atoms with Gasteiger partial charge in [-0.05, 0) is 31.4 Å². The van der Waals surface area contributed by atoms with Gasteiger partial charge < -0.3 is 10.0 Å². The fraction of sp³-hybridized carbons (Fsp3) is 0.462. The first-order valence-electron chi connectivity index (χ1n) is 5.97. The van der Waals surface area contributed by atoms with Crippen molar-refractivity contribution in [3.05, 3.63) is 29.6 Å². The number of amides is 1. The van der Waals surface area contributed by atoms with E-state index in [-0.39, 0.29) is 11.8 Å². The number of rotatable bonds is 2. The lowest BCUT2D eigenvalue weighted by Crippen LogP contribution is -2.43. The number of carbonyl (C=O) groups excluding carboxylic acids is 1. The number of hydrogen-bond donors (Lipinski definition) is 1. The first-order chi connectivity index (χ1) is 8.52. The minimum Gasteiger partial charge on any atom is -0.480 e. The molecule has 2 heterocycles. The van der Waals surface area contributed by atoms with Crippen molar-refractivity contribution in [1.82, 2.24) is 9.88 Å². The molecule has 0 radical (unpaired) electrons. The van der Waals surface area contributed by atoms with Gasteiger partial charge in [0.1, 0.15) is 6.04 Å². The van der Waals surface area contributed by atoms with E-state index in [1.54, 1.807) is 25.3 Å². The highest BCUT2D eigenvalue weighted by molar-refractivity contribution is 5.97. The normalized spacial score (nSPS) is 23.1.